The van der Waals surface area contributed by atoms with Crippen LogP contribution in [-0.2, 0) is 4.79 Å². The van der Waals surface area contributed by atoms with Gasteiger partial charge < -0.3 is 15.5 Å². The summed E-state index contributed by atoms with van der Waals surface area (Å²) in [4.78, 5) is 22.5. The van der Waals surface area contributed by atoms with E-state index in [4.69, 9.17) is 5.11 Å². The van der Waals surface area contributed by atoms with Crippen LogP contribution in [0.3, 0.4) is 0 Å². The lowest BCUT2D eigenvalue weighted by molar-refractivity contribution is -0.155. The van der Waals surface area contributed by atoms with E-state index in [1.807, 2.05) is 0 Å². The zero-order valence-electron chi connectivity index (χ0n) is 10.0. The van der Waals surface area contributed by atoms with Crippen LogP contribution in [0.4, 0.5) is 0 Å². The van der Waals surface area contributed by atoms with Crippen molar-refractivity contribution in [1.82, 2.24) is 5.32 Å². The number of nitrogens with one attached hydrogen (secondary N) is 1. The molecular weight excluding hydrogens is 302 g/mol. The van der Waals surface area contributed by atoms with Crippen molar-refractivity contribution < 1.29 is 19.8 Å². The molecule has 0 bridgehead atoms. The van der Waals surface area contributed by atoms with Gasteiger partial charge in [0, 0.05) is 10.0 Å². The average Bonchev–Trinajstić information content (AvgIpc) is 2.29. The van der Waals surface area contributed by atoms with Gasteiger partial charge in [0.1, 0.15) is 0 Å². The van der Waals surface area contributed by atoms with Gasteiger partial charge in [0.05, 0.1) is 6.54 Å². The number of carbonyl (C=O) groups excluding carboxylic acids is 1. The maximum Gasteiger partial charge on any atom is 0.337 e. The Kier molecular flexibility index (Phi) is 4.48. The molecule has 6 heteroatoms. The SMILES string of the molecule is Cc1ccc(Br)cc1C(=O)NCC(C)(O)C(=O)O. The molecule has 5 nitrogen and oxygen atoms in total. The van der Waals surface area contributed by atoms with E-state index in [-0.39, 0.29) is 6.54 Å². The van der Waals surface area contributed by atoms with Crippen LogP contribution in [-0.4, -0.2) is 34.2 Å². The summed E-state index contributed by atoms with van der Waals surface area (Å²) in [6, 6.07) is 5.22. The summed E-state index contributed by atoms with van der Waals surface area (Å²) in [6.07, 6.45) is 0. The third-order valence-corrected chi connectivity index (χ3v) is 2.99. The first-order valence-corrected chi connectivity index (χ1v) is 6.03. The van der Waals surface area contributed by atoms with Gasteiger partial charge in [-0.1, -0.05) is 22.0 Å². The first-order valence-electron chi connectivity index (χ1n) is 5.24. The van der Waals surface area contributed by atoms with Gasteiger partial charge in [-0.2, -0.15) is 0 Å². The van der Waals surface area contributed by atoms with E-state index < -0.39 is 17.5 Å². The lowest BCUT2D eigenvalue weighted by Crippen LogP contribution is -2.46. The number of benzene rings is 1. The Hall–Kier alpha value is -1.40. The van der Waals surface area contributed by atoms with Crippen LogP contribution in [0.15, 0.2) is 22.7 Å². The predicted molar refractivity (Wildman–Crippen MR) is 69.5 cm³/mol. The van der Waals surface area contributed by atoms with Crippen LogP contribution in [0.2, 0.25) is 0 Å². The molecule has 0 aromatic heterocycles. The van der Waals surface area contributed by atoms with Crippen LogP contribution in [0.1, 0.15) is 22.8 Å². The fourth-order valence-electron chi connectivity index (χ4n) is 1.26. The minimum atomic E-state index is -1.98. The van der Waals surface area contributed by atoms with Crippen molar-refractivity contribution in [3.8, 4) is 0 Å². The van der Waals surface area contributed by atoms with E-state index in [9.17, 15) is 14.7 Å². The van der Waals surface area contributed by atoms with E-state index in [1.165, 1.54) is 0 Å². The molecule has 0 spiro atoms. The van der Waals surface area contributed by atoms with E-state index in [0.717, 1.165) is 17.0 Å². The van der Waals surface area contributed by atoms with E-state index in [0.29, 0.717) is 5.56 Å². The average molecular weight is 316 g/mol. The zero-order valence-corrected chi connectivity index (χ0v) is 11.6. The molecule has 1 atom stereocenters. The molecule has 0 aliphatic carbocycles. The Labute approximate surface area is 113 Å². The molecular formula is C12H14BrNO4. The topological polar surface area (TPSA) is 86.6 Å². The van der Waals surface area contributed by atoms with Crippen molar-refractivity contribution in [1.29, 1.82) is 0 Å². The Morgan fingerprint density at radius 3 is 2.61 bits per heavy atom. The monoisotopic (exact) mass is 315 g/mol. The second-order valence-electron chi connectivity index (χ2n) is 4.22. The molecule has 98 valence electrons. The second kappa shape index (κ2) is 5.49. The Bertz CT molecular complexity index is 485. The van der Waals surface area contributed by atoms with Crippen molar-refractivity contribution in [2.75, 3.05) is 6.54 Å². The molecule has 0 saturated heterocycles. The summed E-state index contributed by atoms with van der Waals surface area (Å²) < 4.78 is 0.753. The molecule has 0 aliphatic rings. The first-order chi connectivity index (χ1) is 8.24. The number of hydrogen-bond acceptors (Lipinski definition) is 3. The summed E-state index contributed by atoms with van der Waals surface area (Å²) in [5.74, 6) is -1.80. The van der Waals surface area contributed by atoms with Crippen LogP contribution in [0, 0.1) is 6.92 Å². The first kappa shape index (κ1) is 14.7. The maximum absolute atomic E-state index is 11.9. The molecule has 3 N–H and O–H groups in total. The third kappa shape index (κ3) is 3.54. The maximum atomic E-state index is 11.9. The summed E-state index contributed by atoms with van der Waals surface area (Å²) in [5.41, 5.74) is -0.772. The van der Waals surface area contributed by atoms with E-state index >= 15 is 0 Å². The number of aryl methyl sites for hydroxylation is 1. The molecule has 0 saturated carbocycles. The molecule has 1 unspecified atom stereocenters. The highest BCUT2D eigenvalue weighted by molar-refractivity contribution is 9.10. The third-order valence-electron chi connectivity index (χ3n) is 2.50. The number of halogens is 1. The molecule has 1 rings (SSSR count). The van der Waals surface area contributed by atoms with Crippen molar-refractivity contribution >= 4 is 27.8 Å². The zero-order chi connectivity index (χ0) is 13.9. The molecule has 0 radical (unpaired) electrons. The van der Waals surface area contributed by atoms with Crippen molar-refractivity contribution in [3.63, 3.8) is 0 Å². The normalized spacial score (nSPS) is 13.8. The van der Waals surface area contributed by atoms with Gasteiger partial charge in [-0.3, -0.25) is 4.79 Å². The lowest BCUT2D eigenvalue weighted by Gasteiger charge is -2.18. The highest BCUT2D eigenvalue weighted by atomic mass is 79.9. The minimum Gasteiger partial charge on any atom is -0.479 e. The Morgan fingerprint density at radius 1 is 1.44 bits per heavy atom. The second-order valence-corrected chi connectivity index (χ2v) is 5.14. The van der Waals surface area contributed by atoms with Crippen molar-refractivity contribution in [2.24, 2.45) is 0 Å². The number of hydrogen-bond donors (Lipinski definition) is 3. The lowest BCUT2D eigenvalue weighted by atomic mass is 10.1. The highest BCUT2D eigenvalue weighted by Gasteiger charge is 2.30. The standard InChI is InChI=1S/C12H14BrNO4/c1-7-3-4-8(13)5-9(7)10(15)14-6-12(2,18)11(16)17/h3-5,18H,6H2,1-2H3,(H,14,15)(H,16,17). The van der Waals surface area contributed by atoms with Crippen LogP contribution in [0.25, 0.3) is 0 Å². The number of rotatable bonds is 4. The number of aliphatic hydroxyl groups is 1. The van der Waals surface area contributed by atoms with Crippen molar-refractivity contribution in [2.45, 2.75) is 19.4 Å². The summed E-state index contributed by atoms with van der Waals surface area (Å²) >= 11 is 3.25. The number of aliphatic carboxylic acids is 1. The van der Waals surface area contributed by atoms with Crippen LogP contribution in [0.5, 0.6) is 0 Å². The van der Waals surface area contributed by atoms with Gasteiger partial charge in [-0.05, 0) is 31.5 Å². The summed E-state index contributed by atoms with van der Waals surface area (Å²) in [5, 5.41) is 20.6. The quantitative estimate of drug-likeness (QED) is 0.782. The molecule has 1 amide bonds. The largest absolute Gasteiger partial charge is 0.479 e. The van der Waals surface area contributed by atoms with Gasteiger partial charge in [0.25, 0.3) is 5.91 Å². The number of carboxylic acids is 1. The minimum absolute atomic E-state index is 0.354. The van der Waals surface area contributed by atoms with Crippen LogP contribution < -0.4 is 5.32 Å². The fourth-order valence-corrected chi connectivity index (χ4v) is 1.62. The van der Waals surface area contributed by atoms with Crippen LogP contribution >= 0.6 is 15.9 Å². The van der Waals surface area contributed by atoms with Gasteiger partial charge in [-0.25, -0.2) is 4.79 Å². The number of carbonyl (C=O) groups is 2. The van der Waals surface area contributed by atoms with Gasteiger partial charge in [0.15, 0.2) is 5.60 Å². The molecule has 1 aromatic carbocycles. The molecule has 0 heterocycles. The summed E-state index contributed by atoms with van der Waals surface area (Å²) in [7, 11) is 0. The number of carboxylic acid groups (broad SMARTS) is 1. The smallest absolute Gasteiger partial charge is 0.337 e. The van der Waals surface area contributed by atoms with Gasteiger partial charge in [-0.15, -0.1) is 0 Å². The highest BCUT2D eigenvalue weighted by Crippen LogP contribution is 2.16. The molecule has 0 aliphatic heterocycles. The van der Waals surface area contributed by atoms with E-state index in [2.05, 4.69) is 21.2 Å². The number of amides is 1. The molecule has 0 fully saturated rings. The van der Waals surface area contributed by atoms with E-state index in [1.54, 1.807) is 25.1 Å². The Morgan fingerprint density at radius 2 is 2.06 bits per heavy atom. The fraction of sp³-hybridized carbons (Fsp3) is 0.333. The summed E-state index contributed by atoms with van der Waals surface area (Å²) in [6.45, 7) is 2.55. The molecule has 18 heavy (non-hydrogen) atoms. The molecule has 1 aromatic rings. The van der Waals surface area contributed by atoms with Crippen molar-refractivity contribution in [3.05, 3.63) is 33.8 Å². The van der Waals surface area contributed by atoms with Gasteiger partial charge in [0.2, 0.25) is 0 Å². The Balaban J connectivity index is 2.78. The predicted octanol–water partition coefficient (Wildman–Crippen LogP) is 1.32. The van der Waals surface area contributed by atoms with Gasteiger partial charge >= 0.3 is 5.97 Å².